The number of carbonyl (C=O) groups excluding carboxylic acids is 1. The fourth-order valence-electron chi connectivity index (χ4n) is 3.03. The van der Waals surface area contributed by atoms with Crippen LogP contribution in [0.5, 0.6) is 5.75 Å². The van der Waals surface area contributed by atoms with Crippen molar-refractivity contribution >= 4 is 22.7 Å². The summed E-state index contributed by atoms with van der Waals surface area (Å²) in [5.74, 6) is 0.712. The lowest BCUT2D eigenvalue weighted by Crippen LogP contribution is -2.25. The van der Waals surface area contributed by atoms with Crippen LogP contribution in [0.3, 0.4) is 0 Å². The number of nitrogens with zero attached hydrogens (tertiary/aromatic N) is 1. The topological polar surface area (TPSA) is 61.1 Å². The number of anilines is 1. The molecule has 2 heterocycles. The van der Waals surface area contributed by atoms with E-state index in [2.05, 4.69) is 0 Å². The molecule has 6 nitrogen and oxygen atoms in total. The van der Waals surface area contributed by atoms with Gasteiger partial charge >= 0.3 is 6.09 Å². The molecule has 1 fully saturated rings. The van der Waals surface area contributed by atoms with Crippen LogP contribution in [-0.4, -0.2) is 32.5 Å². The number of rotatable bonds is 6. The summed E-state index contributed by atoms with van der Waals surface area (Å²) >= 11 is 0. The van der Waals surface area contributed by atoms with Crippen molar-refractivity contribution in [3.8, 4) is 5.75 Å². The molecule has 1 atom stereocenters. The normalized spacial score (nSPS) is 16.9. The highest BCUT2D eigenvalue weighted by Gasteiger charge is 2.34. The van der Waals surface area contributed by atoms with Crippen molar-refractivity contribution in [1.82, 2.24) is 0 Å². The van der Waals surface area contributed by atoms with Gasteiger partial charge in [-0.15, -0.1) is 0 Å². The highest BCUT2D eigenvalue weighted by Crippen LogP contribution is 2.34. The first-order valence-corrected chi connectivity index (χ1v) is 8.39. The molecule has 1 amide bonds. The van der Waals surface area contributed by atoms with Gasteiger partial charge in [-0.2, -0.15) is 0 Å². The third kappa shape index (κ3) is 3.23. The fraction of sp³-hybridized carbons (Fsp3) is 0.250. The summed E-state index contributed by atoms with van der Waals surface area (Å²) in [6.07, 6.45) is 0.910. The molecule has 0 unspecified atom stereocenters. The monoisotopic (exact) mass is 353 g/mol. The number of carbonyl (C=O) groups is 1. The molecule has 0 radical (unpaired) electrons. The standard InChI is InChI=1S/C20H19NO5/c1-23-12-16-10-21(20(22)26-16)18-13-25-19-9-15(7-8-17(18)19)24-11-14-5-3-2-4-6-14/h2-9,13,16H,10-12H2,1H3/t16-/m1/s1. The summed E-state index contributed by atoms with van der Waals surface area (Å²) in [5, 5.41) is 0.840. The molecule has 4 rings (SSSR count). The van der Waals surface area contributed by atoms with Crippen LogP contribution >= 0.6 is 0 Å². The number of hydrogen-bond acceptors (Lipinski definition) is 5. The number of methoxy groups -OCH3 is 1. The summed E-state index contributed by atoms with van der Waals surface area (Å²) in [7, 11) is 1.58. The molecule has 0 spiro atoms. The summed E-state index contributed by atoms with van der Waals surface area (Å²) in [6.45, 7) is 1.29. The van der Waals surface area contributed by atoms with Crippen LogP contribution in [-0.2, 0) is 16.1 Å². The molecular weight excluding hydrogens is 334 g/mol. The molecule has 0 saturated carbocycles. The molecule has 0 aliphatic carbocycles. The number of cyclic esters (lactones) is 1. The van der Waals surface area contributed by atoms with Gasteiger partial charge in [-0.3, -0.25) is 4.90 Å². The Hall–Kier alpha value is -2.99. The predicted octanol–water partition coefficient (Wildman–Crippen LogP) is 3.98. The molecule has 26 heavy (non-hydrogen) atoms. The van der Waals surface area contributed by atoms with E-state index in [9.17, 15) is 4.79 Å². The Morgan fingerprint density at radius 2 is 2.04 bits per heavy atom. The largest absolute Gasteiger partial charge is 0.489 e. The van der Waals surface area contributed by atoms with Crippen molar-refractivity contribution < 1.29 is 23.4 Å². The molecule has 1 aromatic heterocycles. The van der Waals surface area contributed by atoms with Gasteiger partial charge in [-0.1, -0.05) is 30.3 Å². The van der Waals surface area contributed by atoms with E-state index >= 15 is 0 Å². The Balaban J connectivity index is 1.51. The van der Waals surface area contributed by atoms with Gasteiger partial charge in [-0.25, -0.2) is 4.79 Å². The highest BCUT2D eigenvalue weighted by atomic mass is 16.6. The second-order valence-electron chi connectivity index (χ2n) is 6.12. The Morgan fingerprint density at radius 1 is 1.19 bits per heavy atom. The summed E-state index contributed by atoms with van der Waals surface area (Å²) in [5.41, 5.74) is 2.45. The van der Waals surface area contributed by atoms with Gasteiger partial charge in [-0.05, 0) is 17.7 Å². The summed E-state index contributed by atoms with van der Waals surface area (Å²) in [6, 6.07) is 15.6. The molecule has 3 aromatic rings. The van der Waals surface area contributed by atoms with Gasteiger partial charge in [0.25, 0.3) is 0 Å². The second kappa shape index (κ2) is 7.09. The first kappa shape index (κ1) is 16.5. The highest BCUT2D eigenvalue weighted by molar-refractivity contribution is 6.01. The summed E-state index contributed by atoms with van der Waals surface area (Å²) < 4.78 is 21.8. The zero-order valence-corrected chi connectivity index (χ0v) is 14.4. The molecule has 1 saturated heterocycles. The number of hydrogen-bond donors (Lipinski definition) is 0. The van der Waals surface area contributed by atoms with E-state index in [1.807, 2.05) is 48.5 Å². The zero-order chi connectivity index (χ0) is 17.9. The SMILES string of the molecule is COC[C@H]1CN(c2coc3cc(OCc4ccccc4)ccc23)C(=O)O1. The average Bonchev–Trinajstić information content (AvgIpc) is 3.23. The lowest BCUT2D eigenvalue weighted by atomic mass is 10.2. The van der Waals surface area contributed by atoms with E-state index in [4.69, 9.17) is 18.6 Å². The molecule has 0 bridgehead atoms. The number of benzene rings is 2. The van der Waals surface area contributed by atoms with Gasteiger partial charge < -0.3 is 18.6 Å². The third-order valence-electron chi connectivity index (χ3n) is 4.29. The van der Waals surface area contributed by atoms with E-state index in [1.54, 1.807) is 18.3 Å². The molecule has 1 aliphatic rings. The van der Waals surface area contributed by atoms with Gasteiger partial charge in [0, 0.05) is 18.6 Å². The Morgan fingerprint density at radius 3 is 2.85 bits per heavy atom. The molecule has 6 heteroatoms. The van der Waals surface area contributed by atoms with Crippen LogP contribution in [0.1, 0.15) is 5.56 Å². The minimum Gasteiger partial charge on any atom is -0.489 e. The van der Waals surface area contributed by atoms with Crippen LogP contribution in [0.15, 0.2) is 59.2 Å². The van der Waals surface area contributed by atoms with Crippen molar-refractivity contribution in [2.75, 3.05) is 25.2 Å². The number of ether oxygens (including phenoxy) is 3. The summed E-state index contributed by atoms with van der Waals surface area (Å²) in [4.78, 5) is 13.7. The minimum absolute atomic E-state index is 0.272. The Bertz CT molecular complexity index is 905. The van der Waals surface area contributed by atoms with Crippen LogP contribution < -0.4 is 9.64 Å². The van der Waals surface area contributed by atoms with Crippen molar-refractivity contribution in [1.29, 1.82) is 0 Å². The van der Waals surface area contributed by atoms with E-state index in [1.165, 1.54) is 0 Å². The second-order valence-corrected chi connectivity index (χ2v) is 6.12. The molecular formula is C20H19NO5. The Kier molecular flexibility index (Phi) is 4.50. The van der Waals surface area contributed by atoms with E-state index in [-0.39, 0.29) is 12.2 Å². The minimum atomic E-state index is -0.390. The van der Waals surface area contributed by atoms with Crippen LogP contribution in [0.2, 0.25) is 0 Å². The molecule has 1 aliphatic heterocycles. The van der Waals surface area contributed by atoms with E-state index < -0.39 is 0 Å². The number of furan rings is 1. The maximum absolute atomic E-state index is 12.1. The maximum atomic E-state index is 12.1. The quantitative estimate of drug-likeness (QED) is 0.671. The van der Waals surface area contributed by atoms with Gasteiger partial charge in [0.1, 0.15) is 30.3 Å². The predicted molar refractivity (Wildman–Crippen MR) is 96.5 cm³/mol. The molecule has 0 N–H and O–H groups in total. The van der Waals surface area contributed by atoms with Gasteiger partial charge in [0.05, 0.1) is 18.8 Å². The van der Waals surface area contributed by atoms with Gasteiger partial charge in [0.2, 0.25) is 0 Å². The van der Waals surface area contributed by atoms with Crippen LogP contribution in [0.25, 0.3) is 11.0 Å². The lowest BCUT2D eigenvalue weighted by Gasteiger charge is -2.11. The number of fused-ring (bicyclic) bond motifs is 1. The first-order valence-electron chi connectivity index (χ1n) is 8.39. The van der Waals surface area contributed by atoms with Crippen LogP contribution in [0, 0.1) is 0 Å². The molecule has 2 aromatic carbocycles. The first-order chi connectivity index (χ1) is 12.7. The lowest BCUT2D eigenvalue weighted by molar-refractivity contribution is 0.0718. The van der Waals surface area contributed by atoms with Gasteiger partial charge in [0.15, 0.2) is 0 Å². The smallest absolute Gasteiger partial charge is 0.414 e. The number of amides is 1. The van der Waals surface area contributed by atoms with E-state index in [0.29, 0.717) is 36.8 Å². The van der Waals surface area contributed by atoms with Crippen molar-refractivity contribution in [2.45, 2.75) is 12.7 Å². The van der Waals surface area contributed by atoms with Crippen LogP contribution in [0.4, 0.5) is 10.5 Å². The van der Waals surface area contributed by atoms with Crippen molar-refractivity contribution in [2.24, 2.45) is 0 Å². The average molecular weight is 353 g/mol. The van der Waals surface area contributed by atoms with E-state index in [0.717, 1.165) is 10.9 Å². The maximum Gasteiger partial charge on any atom is 0.414 e. The van der Waals surface area contributed by atoms with Crippen molar-refractivity contribution in [3.63, 3.8) is 0 Å². The van der Waals surface area contributed by atoms with Crippen molar-refractivity contribution in [3.05, 3.63) is 60.4 Å². The third-order valence-corrected chi connectivity index (χ3v) is 4.29. The Labute approximate surface area is 150 Å². The zero-order valence-electron chi connectivity index (χ0n) is 14.4. The molecule has 134 valence electrons. The fourth-order valence-corrected chi connectivity index (χ4v) is 3.03.